The number of para-hydroxylation sites is 1. The number of hydrogen-bond acceptors (Lipinski definition) is 3. The van der Waals surface area contributed by atoms with E-state index in [2.05, 4.69) is 28.5 Å². The van der Waals surface area contributed by atoms with Gasteiger partial charge in [0.05, 0.1) is 17.1 Å². The van der Waals surface area contributed by atoms with Crippen molar-refractivity contribution in [2.75, 3.05) is 28.6 Å². The third kappa shape index (κ3) is 1.55. The van der Waals surface area contributed by atoms with Gasteiger partial charge in [-0.3, -0.25) is 4.79 Å². The standard InChI is InChI=1S/C13H17N3O/c1-2-4-11-13(17)15-10-6-3-5-9-12(10)16(11)8-7-14-9/h3,5-6,11,14H,2,4,7-8H2,1H3,(H,15,17). The molecular weight excluding hydrogens is 214 g/mol. The minimum atomic E-state index is -0.00394. The summed E-state index contributed by atoms with van der Waals surface area (Å²) in [5.74, 6) is 0.137. The second kappa shape index (κ2) is 3.95. The van der Waals surface area contributed by atoms with Crippen LogP contribution in [0.5, 0.6) is 0 Å². The molecular formula is C13H17N3O. The molecule has 4 nitrogen and oxygen atoms in total. The number of rotatable bonds is 2. The zero-order chi connectivity index (χ0) is 11.8. The summed E-state index contributed by atoms with van der Waals surface area (Å²) in [5.41, 5.74) is 3.23. The molecule has 90 valence electrons. The van der Waals surface area contributed by atoms with Gasteiger partial charge in [-0.05, 0) is 18.6 Å². The number of anilines is 3. The molecule has 2 heterocycles. The van der Waals surface area contributed by atoms with Gasteiger partial charge in [0.2, 0.25) is 5.91 Å². The number of carbonyl (C=O) groups is 1. The normalized spacial score (nSPS) is 21.6. The fraction of sp³-hybridized carbons (Fsp3) is 0.462. The van der Waals surface area contributed by atoms with Gasteiger partial charge >= 0.3 is 0 Å². The highest BCUT2D eigenvalue weighted by Gasteiger charge is 2.35. The SMILES string of the molecule is CCCC1C(=O)Nc2cccc3c2N1CCN3. The number of carbonyl (C=O) groups excluding carboxylic acids is 1. The van der Waals surface area contributed by atoms with E-state index in [1.54, 1.807) is 0 Å². The molecule has 0 saturated carbocycles. The molecule has 3 rings (SSSR count). The Kier molecular flexibility index (Phi) is 2.42. The Bertz CT molecular complexity index is 458. The average molecular weight is 231 g/mol. The molecule has 0 aliphatic carbocycles. The second-order valence-electron chi connectivity index (χ2n) is 4.62. The van der Waals surface area contributed by atoms with Gasteiger partial charge in [-0.1, -0.05) is 19.4 Å². The highest BCUT2D eigenvalue weighted by molar-refractivity contribution is 6.06. The maximum absolute atomic E-state index is 12.1. The number of hydrogen-bond donors (Lipinski definition) is 2. The van der Waals surface area contributed by atoms with Crippen LogP contribution in [0.1, 0.15) is 19.8 Å². The van der Waals surface area contributed by atoms with Gasteiger partial charge < -0.3 is 15.5 Å². The summed E-state index contributed by atoms with van der Waals surface area (Å²) in [6.45, 7) is 3.93. The Labute approximate surface area is 101 Å². The lowest BCUT2D eigenvalue weighted by atomic mass is 10.0. The van der Waals surface area contributed by atoms with Gasteiger partial charge in [0.25, 0.3) is 0 Å². The van der Waals surface area contributed by atoms with Crippen molar-refractivity contribution in [3.8, 4) is 0 Å². The topological polar surface area (TPSA) is 44.4 Å². The Hall–Kier alpha value is -1.71. The van der Waals surface area contributed by atoms with Crippen molar-refractivity contribution in [1.29, 1.82) is 0 Å². The quantitative estimate of drug-likeness (QED) is 0.818. The summed E-state index contributed by atoms with van der Waals surface area (Å²) in [6, 6.07) is 6.02. The van der Waals surface area contributed by atoms with Crippen molar-refractivity contribution in [2.24, 2.45) is 0 Å². The molecule has 4 heteroatoms. The van der Waals surface area contributed by atoms with Crippen molar-refractivity contribution in [3.05, 3.63) is 18.2 Å². The second-order valence-corrected chi connectivity index (χ2v) is 4.62. The molecule has 0 saturated heterocycles. The molecule has 1 unspecified atom stereocenters. The van der Waals surface area contributed by atoms with E-state index in [1.165, 1.54) is 0 Å². The van der Waals surface area contributed by atoms with Gasteiger partial charge in [-0.25, -0.2) is 0 Å². The first-order valence-electron chi connectivity index (χ1n) is 6.25. The van der Waals surface area contributed by atoms with Gasteiger partial charge in [-0.2, -0.15) is 0 Å². The monoisotopic (exact) mass is 231 g/mol. The molecule has 0 bridgehead atoms. The van der Waals surface area contributed by atoms with E-state index >= 15 is 0 Å². The lowest BCUT2D eigenvalue weighted by Crippen LogP contribution is -2.51. The van der Waals surface area contributed by atoms with E-state index in [-0.39, 0.29) is 11.9 Å². The maximum Gasteiger partial charge on any atom is 0.247 e. The van der Waals surface area contributed by atoms with Crippen LogP contribution in [0.2, 0.25) is 0 Å². The number of nitrogens with one attached hydrogen (secondary N) is 2. The largest absolute Gasteiger partial charge is 0.382 e. The molecule has 0 spiro atoms. The molecule has 2 N–H and O–H groups in total. The van der Waals surface area contributed by atoms with Crippen LogP contribution in [0.4, 0.5) is 17.1 Å². The Morgan fingerprint density at radius 2 is 2.24 bits per heavy atom. The summed E-state index contributed by atoms with van der Waals surface area (Å²) in [6.07, 6.45) is 1.94. The van der Waals surface area contributed by atoms with E-state index in [4.69, 9.17) is 0 Å². The predicted molar refractivity (Wildman–Crippen MR) is 69.6 cm³/mol. The summed E-state index contributed by atoms with van der Waals surface area (Å²) in [5, 5.41) is 6.40. The third-order valence-electron chi connectivity index (χ3n) is 3.49. The lowest BCUT2D eigenvalue weighted by molar-refractivity contribution is -0.117. The van der Waals surface area contributed by atoms with Crippen LogP contribution in [0.25, 0.3) is 0 Å². The first kappa shape index (κ1) is 10.4. The molecule has 0 radical (unpaired) electrons. The zero-order valence-electron chi connectivity index (χ0n) is 9.99. The Morgan fingerprint density at radius 1 is 1.41 bits per heavy atom. The maximum atomic E-state index is 12.1. The van der Waals surface area contributed by atoms with Crippen LogP contribution < -0.4 is 15.5 Å². The van der Waals surface area contributed by atoms with Gasteiger partial charge in [-0.15, -0.1) is 0 Å². The highest BCUT2D eigenvalue weighted by atomic mass is 16.2. The smallest absolute Gasteiger partial charge is 0.247 e. The van der Waals surface area contributed by atoms with E-state index in [0.717, 1.165) is 43.0 Å². The van der Waals surface area contributed by atoms with Gasteiger partial charge in [0.15, 0.2) is 0 Å². The van der Waals surface area contributed by atoms with E-state index in [0.29, 0.717) is 0 Å². The number of amides is 1. The van der Waals surface area contributed by atoms with E-state index in [9.17, 15) is 4.79 Å². The molecule has 1 amide bonds. The minimum absolute atomic E-state index is 0.00394. The number of nitrogens with zero attached hydrogens (tertiary/aromatic N) is 1. The van der Waals surface area contributed by atoms with Crippen LogP contribution in [0.3, 0.4) is 0 Å². The highest BCUT2D eigenvalue weighted by Crippen LogP contribution is 2.41. The molecule has 0 aromatic heterocycles. The van der Waals surface area contributed by atoms with Crippen molar-refractivity contribution in [1.82, 2.24) is 0 Å². The molecule has 1 atom stereocenters. The van der Waals surface area contributed by atoms with Gasteiger partial charge in [0.1, 0.15) is 6.04 Å². The first-order chi connectivity index (χ1) is 8.31. The molecule has 2 aliphatic rings. The van der Waals surface area contributed by atoms with Crippen LogP contribution in [0, 0.1) is 0 Å². The van der Waals surface area contributed by atoms with Crippen LogP contribution >= 0.6 is 0 Å². The summed E-state index contributed by atoms with van der Waals surface area (Å²) in [4.78, 5) is 14.3. The third-order valence-corrected chi connectivity index (χ3v) is 3.49. The number of benzene rings is 1. The summed E-state index contributed by atoms with van der Waals surface area (Å²) in [7, 11) is 0. The van der Waals surface area contributed by atoms with E-state index < -0.39 is 0 Å². The summed E-state index contributed by atoms with van der Waals surface area (Å²) < 4.78 is 0. The summed E-state index contributed by atoms with van der Waals surface area (Å²) >= 11 is 0. The zero-order valence-corrected chi connectivity index (χ0v) is 9.99. The molecule has 2 aliphatic heterocycles. The molecule has 1 aromatic carbocycles. The average Bonchev–Trinajstić information content (AvgIpc) is 2.34. The molecule has 1 aromatic rings. The fourth-order valence-electron chi connectivity index (χ4n) is 2.75. The predicted octanol–water partition coefficient (Wildman–Crippen LogP) is 2.04. The Balaban J connectivity index is 2.07. The van der Waals surface area contributed by atoms with Crippen LogP contribution in [-0.4, -0.2) is 25.0 Å². The lowest BCUT2D eigenvalue weighted by Gasteiger charge is -2.42. The van der Waals surface area contributed by atoms with Gasteiger partial charge in [0, 0.05) is 13.1 Å². The Morgan fingerprint density at radius 3 is 3.06 bits per heavy atom. The van der Waals surface area contributed by atoms with Crippen molar-refractivity contribution in [2.45, 2.75) is 25.8 Å². The first-order valence-corrected chi connectivity index (χ1v) is 6.25. The van der Waals surface area contributed by atoms with Crippen LogP contribution in [-0.2, 0) is 4.79 Å². The molecule has 0 fully saturated rings. The minimum Gasteiger partial charge on any atom is -0.382 e. The van der Waals surface area contributed by atoms with Crippen molar-refractivity contribution < 1.29 is 4.79 Å². The van der Waals surface area contributed by atoms with Crippen molar-refractivity contribution >= 4 is 23.0 Å². The van der Waals surface area contributed by atoms with E-state index in [1.807, 2.05) is 12.1 Å². The van der Waals surface area contributed by atoms with Crippen molar-refractivity contribution in [3.63, 3.8) is 0 Å². The fourth-order valence-corrected chi connectivity index (χ4v) is 2.75. The molecule has 17 heavy (non-hydrogen) atoms. The van der Waals surface area contributed by atoms with Crippen LogP contribution in [0.15, 0.2) is 18.2 Å².